The zero-order chi connectivity index (χ0) is 18.9. The third-order valence-electron chi connectivity index (χ3n) is 4.23. The fourth-order valence-electron chi connectivity index (χ4n) is 2.70. The minimum absolute atomic E-state index is 0.138. The van der Waals surface area contributed by atoms with E-state index in [1.54, 1.807) is 31.2 Å². The van der Waals surface area contributed by atoms with Crippen LogP contribution in [0.1, 0.15) is 18.2 Å². The van der Waals surface area contributed by atoms with Gasteiger partial charge in [-0.05, 0) is 49.7 Å². The average Bonchev–Trinajstić information content (AvgIpc) is 3.05. The number of hydrogen-bond acceptors (Lipinski definition) is 5. The Bertz CT molecular complexity index is 1000. The number of rotatable bonds is 6. The van der Waals surface area contributed by atoms with Crippen LogP contribution >= 0.6 is 0 Å². The molecule has 2 aromatic carbocycles. The van der Waals surface area contributed by atoms with E-state index in [2.05, 4.69) is 4.72 Å². The van der Waals surface area contributed by atoms with Gasteiger partial charge in [0.05, 0.1) is 12.0 Å². The first-order valence-corrected chi connectivity index (χ1v) is 9.57. The van der Waals surface area contributed by atoms with Crippen molar-refractivity contribution in [2.45, 2.75) is 24.3 Å². The van der Waals surface area contributed by atoms with Gasteiger partial charge in [0.2, 0.25) is 10.0 Å². The lowest BCUT2D eigenvalue weighted by molar-refractivity contribution is 0.0412. The Hall–Kier alpha value is -2.35. The van der Waals surface area contributed by atoms with Crippen LogP contribution in [0.15, 0.2) is 57.8 Å². The Kier molecular flexibility index (Phi) is 4.79. The Morgan fingerprint density at radius 2 is 1.92 bits per heavy atom. The zero-order valence-electron chi connectivity index (χ0n) is 14.8. The number of nitrogens with one attached hydrogen (secondary N) is 1. The molecule has 0 spiro atoms. The number of hydrogen-bond donors (Lipinski definition) is 2. The third kappa shape index (κ3) is 3.60. The van der Waals surface area contributed by atoms with Crippen molar-refractivity contribution in [3.8, 4) is 5.75 Å². The van der Waals surface area contributed by atoms with E-state index in [1.807, 2.05) is 18.2 Å². The number of benzene rings is 2. The Morgan fingerprint density at radius 1 is 1.19 bits per heavy atom. The average molecular weight is 375 g/mol. The quantitative estimate of drug-likeness (QED) is 0.691. The SMILES string of the molecule is COc1ccc(S(=O)(=O)NC[C@@](C)(O)c2cc3ccccc3o2)c(C)c1. The summed E-state index contributed by atoms with van der Waals surface area (Å²) >= 11 is 0. The molecule has 0 saturated carbocycles. The first-order valence-electron chi connectivity index (χ1n) is 8.09. The fourth-order valence-corrected chi connectivity index (χ4v) is 4.05. The summed E-state index contributed by atoms with van der Waals surface area (Å²) in [4.78, 5) is 0.138. The minimum atomic E-state index is -3.79. The summed E-state index contributed by atoms with van der Waals surface area (Å²) in [5, 5.41) is 11.6. The number of methoxy groups -OCH3 is 1. The van der Waals surface area contributed by atoms with Crippen LogP contribution < -0.4 is 9.46 Å². The molecule has 6 nitrogen and oxygen atoms in total. The van der Waals surface area contributed by atoms with Crippen molar-refractivity contribution in [2.24, 2.45) is 0 Å². The van der Waals surface area contributed by atoms with Gasteiger partial charge in [-0.2, -0.15) is 0 Å². The van der Waals surface area contributed by atoms with Gasteiger partial charge in [0, 0.05) is 11.9 Å². The molecule has 0 aliphatic carbocycles. The van der Waals surface area contributed by atoms with Gasteiger partial charge in [-0.3, -0.25) is 0 Å². The lowest BCUT2D eigenvalue weighted by atomic mass is 10.0. The topological polar surface area (TPSA) is 88.8 Å². The van der Waals surface area contributed by atoms with E-state index in [9.17, 15) is 13.5 Å². The van der Waals surface area contributed by atoms with Crippen LogP contribution in [0.4, 0.5) is 0 Å². The molecule has 0 bridgehead atoms. The molecule has 0 unspecified atom stereocenters. The highest BCUT2D eigenvalue weighted by molar-refractivity contribution is 7.89. The third-order valence-corrected chi connectivity index (χ3v) is 5.80. The number of sulfonamides is 1. The van der Waals surface area contributed by atoms with Crippen molar-refractivity contribution < 1.29 is 22.7 Å². The zero-order valence-corrected chi connectivity index (χ0v) is 15.6. The number of fused-ring (bicyclic) bond motifs is 1. The van der Waals surface area contributed by atoms with Crippen LogP contribution in [0.25, 0.3) is 11.0 Å². The Labute approximate surface area is 152 Å². The molecular weight excluding hydrogens is 354 g/mol. The summed E-state index contributed by atoms with van der Waals surface area (Å²) in [5.74, 6) is 0.878. The molecule has 1 aromatic heterocycles. The molecule has 0 radical (unpaired) electrons. The summed E-state index contributed by atoms with van der Waals surface area (Å²) in [6.07, 6.45) is 0. The number of para-hydroxylation sites is 1. The van der Waals surface area contributed by atoms with E-state index in [0.717, 1.165) is 5.39 Å². The Balaban J connectivity index is 1.82. The van der Waals surface area contributed by atoms with E-state index < -0.39 is 15.6 Å². The predicted octanol–water partition coefficient (Wildman–Crippen LogP) is 2.94. The van der Waals surface area contributed by atoms with Crippen LogP contribution in [0.3, 0.4) is 0 Å². The highest BCUT2D eigenvalue weighted by Crippen LogP contribution is 2.28. The summed E-state index contributed by atoms with van der Waals surface area (Å²) < 4.78 is 38.4. The molecule has 1 heterocycles. The first-order chi connectivity index (χ1) is 12.2. The van der Waals surface area contributed by atoms with Crippen LogP contribution in [0, 0.1) is 6.92 Å². The highest BCUT2D eigenvalue weighted by Gasteiger charge is 2.30. The second kappa shape index (κ2) is 6.75. The van der Waals surface area contributed by atoms with Crippen LogP contribution in [0.5, 0.6) is 5.75 Å². The largest absolute Gasteiger partial charge is 0.497 e. The van der Waals surface area contributed by atoms with Crippen molar-refractivity contribution >= 4 is 21.0 Å². The molecule has 0 amide bonds. The second-order valence-corrected chi connectivity index (χ2v) is 8.11. The van der Waals surface area contributed by atoms with Gasteiger partial charge in [-0.15, -0.1) is 0 Å². The number of aryl methyl sites for hydroxylation is 1. The molecule has 3 rings (SSSR count). The lowest BCUT2D eigenvalue weighted by Gasteiger charge is -2.21. The maximum Gasteiger partial charge on any atom is 0.240 e. The van der Waals surface area contributed by atoms with Crippen molar-refractivity contribution in [1.82, 2.24) is 4.72 Å². The monoisotopic (exact) mass is 375 g/mol. The van der Waals surface area contributed by atoms with Crippen LogP contribution in [-0.2, 0) is 15.6 Å². The Morgan fingerprint density at radius 3 is 2.58 bits per heavy atom. The van der Waals surface area contributed by atoms with Gasteiger partial charge in [-0.1, -0.05) is 18.2 Å². The summed E-state index contributed by atoms with van der Waals surface area (Å²) in [7, 11) is -2.27. The van der Waals surface area contributed by atoms with E-state index >= 15 is 0 Å². The molecule has 7 heteroatoms. The standard InChI is InChI=1S/C19H21NO5S/c1-13-10-15(24-3)8-9-17(13)26(22,23)20-12-19(2,21)18-11-14-6-4-5-7-16(14)25-18/h4-11,20-21H,12H2,1-3H3/t19-/m1/s1. The molecular formula is C19H21NO5S. The van der Waals surface area contributed by atoms with Crippen LogP contribution in [0.2, 0.25) is 0 Å². The first kappa shape index (κ1) is 18.4. The van der Waals surface area contributed by atoms with Gasteiger partial charge in [-0.25, -0.2) is 13.1 Å². The van der Waals surface area contributed by atoms with E-state index in [0.29, 0.717) is 22.7 Å². The smallest absolute Gasteiger partial charge is 0.240 e. The van der Waals surface area contributed by atoms with Gasteiger partial charge in [0.15, 0.2) is 0 Å². The molecule has 1 atom stereocenters. The molecule has 0 fully saturated rings. The van der Waals surface area contributed by atoms with Crippen molar-refractivity contribution in [3.63, 3.8) is 0 Å². The van der Waals surface area contributed by atoms with Crippen molar-refractivity contribution in [2.75, 3.05) is 13.7 Å². The maximum absolute atomic E-state index is 12.6. The highest BCUT2D eigenvalue weighted by atomic mass is 32.2. The molecule has 2 N–H and O–H groups in total. The normalized spacial score (nSPS) is 14.3. The van der Waals surface area contributed by atoms with E-state index in [-0.39, 0.29) is 11.4 Å². The summed E-state index contributed by atoms with van der Waals surface area (Å²) in [5.41, 5.74) is -0.302. The summed E-state index contributed by atoms with van der Waals surface area (Å²) in [6.45, 7) is 2.98. The van der Waals surface area contributed by atoms with Crippen molar-refractivity contribution in [1.29, 1.82) is 0 Å². The molecule has 3 aromatic rings. The van der Waals surface area contributed by atoms with E-state index in [4.69, 9.17) is 9.15 Å². The second-order valence-electron chi connectivity index (χ2n) is 6.38. The molecule has 0 aliphatic rings. The number of furan rings is 1. The lowest BCUT2D eigenvalue weighted by Crippen LogP contribution is -2.38. The molecule has 138 valence electrons. The van der Waals surface area contributed by atoms with Gasteiger partial charge < -0.3 is 14.3 Å². The maximum atomic E-state index is 12.6. The minimum Gasteiger partial charge on any atom is -0.497 e. The van der Waals surface area contributed by atoms with Crippen molar-refractivity contribution in [3.05, 3.63) is 59.9 Å². The van der Waals surface area contributed by atoms with Gasteiger partial charge in [0.1, 0.15) is 22.7 Å². The van der Waals surface area contributed by atoms with E-state index in [1.165, 1.54) is 20.1 Å². The van der Waals surface area contributed by atoms with Gasteiger partial charge in [0.25, 0.3) is 0 Å². The van der Waals surface area contributed by atoms with Crippen LogP contribution in [-0.4, -0.2) is 27.2 Å². The fraction of sp³-hybridized carbons (Fsp3) is 0.263. The predicted molar refractivity (Wildman–Crippen MR) is 98.7 cm³/mol. The molecule has 0 saturated heterocycles. The number of ether oxygens (including phenoxy) is 1. The number of aliphatic hydroxyl groups is 1. The molecule has 26 heavy (non-hydrogen) atoms. The van der Waals surface area contributed by atoms with Gasteiger partial charge >= 0.3 is 0 Å². The summed E-state index contributed by atoms with van der Waals surface area (Å²) in [6, 6.07) is 13.8. The molecule has 0 aliphatic heterocycles.